The third-order valence-corrected chi connectivity index (χ3v) is 1.88. The van der Waals surface area contributed by atoms with Gasteiger partial charge in [-0.1, -0.05) is 18.2 Å². The average Bonchev–Trinajstić information content (AvgIpc) is 2.26. The van der Waals surface area contributed by atoms with Gasteiger partial charge in [-0.2, -0.15) is 0 Å². The molecule has 1 aromatic carbocycles. The van der Waals surface area contributed by atoms with Crippen LogP contribution in [-0.2, 0) is 9.59 Å². The fourth-order valence-electron chi connectivity index (χ4n) is 1.14. The zero-order chi connectivity index (χ0) is 12.0. The molecule has 0 bridgehead atoms. The minimum Gasteiger partial charge on any atom is -0.497 e. The second-order valence-electron chi connectivity index (χ2n) is 3.15. The summed E-state index contributed by atoms with van der Waals surface area (Å²) in [5.41, 5.74) is 0.790. The van der Waals surface area contributed by atoms with E-state index in [0.29, 0.717) is 5.75 Å². The van der Waals surface area contributed by atoms with Crippen LogP contribution in [0.5, 0.6) is 5.75 Å². The molecule has 0 amide bonds. The summed E-state index contributed by atoms with van der Waals surface area (Å²) in [6, 6.07) is 7.13. The summed E-state index contributed by atoms with van der Waals surface area (Å²) >= 11 is 0. The van der Waals surface area contributed by atoms with Gasteiger partial charge in [-0.3, -0.25) is 9.59 Å². The number of carboxylic acids is 1. The third kappa shape index (κ3) is 3.96. The summed E-state index contributed by atoms with van der Waals surface area (Å²) in [4.78, 5) is 21.3. The van der Waals surface area contributed by atoms with E-state index in [1.54, 1.807) is 37.5 Å². The van der Waals surface area contributed by atoms with Crippen molar-refractivity contribution in [2.24, 2.45) is 0 Å². The van der Waals surface area contributed by atoms with Crippen molar-refractivity contribution in [3.63, 3.8) is 0 Å². The first-order valence-corrected chi connectivity index (χ1v) is 4.68. The van der Waals surface area contributed by atoms with Gasteiger partial charge in [-0.15, -0.1) is 0 Å². The standard InChI is InChI=1S/C12H12O4/c1-16-11-4-2-3-9(7-11)5-6-10(13)8-12(14)15/h2-7H,8H2,1H3,(H,14,15). The highest BCUT2D eigenvalue weighted by Gasteiger charge is 2.03. The number of methoxy groups -OCH3 is 1. The van der Waals surface area contributed by atoms with Crippen LogP contribution in [-0.4, -0.2) is 24.0 Å². The topological polar surface area (TPSA) is 63.6 Å². The quantitative estimate of drug-likeness (QED) is 0.606. The van der Waals surface area contributed by atoms with Gasteiger partial charge in [0.25, 0.3) is 0 Å². The Morgan fingerprint density at radius 2 is 2.19 bits per heavy atom. The Bertz CT molecular complexity index is 421. The van der Waals surface area contributed by atoms with E-state index in [0.717, 1.165) is 5.56 Å². The smallest absolute Gasteiger partial charge is 0.311 e. The molecule has 0 aliphatic rings. The average molecular weight is 220 g/mol. The second kappa shape index (κ2) is 5.70. The van der Waals surface area contributed by atoms with Gasteiger partial charge in [-0.25, -0.2) is 0 Å². The Balaban J connectivity index is 2.68. The van der Waals surface area contributed by atoms with E-state index < -0.39 is 18.2 Å². The predicted octanol–water partition coefficient (Wildman–Crippen LogP) is 1.75. The number of rotatable bonds is 5. The first-order valence-electron chi connectivity index (χ1n) is 4.68. The maximum atomic E-state index is 11.1. The van der Waals surface area contributed by atoms with Crippen LogP contribution in [0, 0.1) is 0 Å². The Morgan fingerprint density at radius 3 is 2.81 bits per heavy atom. The Hall–Kier alpha value is -2.10. The summed E-state index contributed by atoms with van der Waals surface area (Å²) in [6.07, 6.45) is 2.33. The van der Waals surface area contributed by atoms with Gasteiger partial charge in [0, 0.05) is 0 Å². The molecule has 0 aromatic heterocycles. The Kier molecular flexibility index (Phi) is 4.27. The van der Waals surface area contributed by atoms with Crippen molar-refractivity contribution in [2.75, 3.05) is 7.11 Å². The highest BCUT2D eigenvalue weighted by atomic mass is 16.5. The number of aliphatic carboxylic acids is 1. The molecule has 1 aromatic rings. The lowest BCUT2D eigenvalue weighted by molar-refractivity contribution is -0.139. The minimum atomic E-state index is -1.12. The molecule has 0 aliphatic heterocycles. The number of carbonyl (C=O) groups excluding carboxylic acids is 1. The minimum absolute atomic E-state index is 0.435. The van der Waals surface area contributed by atoms with E-state index in [1.165, 1.54) is 6.08 Å². The van der Waals surface area contributed by atoms with Crippen LogP contribution in [0.4, 0.5) is 0 Å². The van der Waals surface area contributed by atoms with Gasteiger partial charge in [0.1, 0.15) is 12.2 Å². The second-order valence-corrected chi connectivity index (χ2v) is 3.15. The van der Waals surface area contributed by atoms with E-state index in [-0.39, 0.29) is 0 Å². The number of carbonyl (C=O) groups is 2. The van der Waals surface area contributed by atoms with Crippen LogP contribution < -0.4 is 4.74 Å². The molecule has 84 valence electrons. The van der Waals surface area contributed by atoms with Gasteiger partial charge < -0.3 is 9.84 Å². The van der Waals surface area contributed by atoms with Crippen molar-refractivity contribution in [3.05, 3.63) is 35.9 Å². The molecule has 0 radical (unpaired) electrons. The van der Waals surface area contributed by atoms with Crippen molar-refractivity contribution in [2.45, 2.75) is 6.42 Å². The van der Waals surface area contributed by atoms with Gasteiger partial charge in [0.15, 0.2) is 5.78 Å². The molecule has 0 heterocycles. The molecule has 0 aliphatic carbocycles. The molecule has 0 saturated carbocycles. The highest BCUT2D eigenvalue weighted by molar-refractivity contribution is 6.03. The monoisotopic (exact) mass is 220 g/mol. The Morgan fingerprint density at radius 1 is 1.44 bits per heavy atom. The van der Waals surface area contributed by atoms with Crippen LogP contribution in [0.3, 0.4) is 0 Å². The summed E-state index contributed by atoms with van der Waals surface area (Å²) < 4.78 is 5.01. The Labute approximate surface area is 93.2 Å². The number of ether oxygens (including phenoxy) is 1. The fourth-order valence-corrected chi connectivity index (χ4v) is 1.14. The third-order valence-electron chi connectivity index (χ3n) is 1.88. The number of carboxylic acid groups (broad SMARTS) is 1. The van der Waals surface area contributed by atoms with E-state index in [2.05, 4.69) is 0 Å². The van der Waals surface area contributed by atoms with Crippen LogP contribution in [0.1, 0.15) is 12.0 Å². The molecule has 4 nitrogen and oxygen atoms in total. The van der Waals surface area contributed by atoms with Crippen LogP contribution >= 0.6 is 0 Å². The van der Waals surface area contributed by atoms with Gasteiger partial charge in [-0.05, 0) is 23.8 Å². The first kappa shape index (κ1) is 12.0. The molecule has 1 rings (SSSR count). The lowest BCUT2D eigenvalue weighted by Crippen LogP contribution is -2.02. The summed E-state index contributed by atoms with van der Waals surface area (Å²) in [7, 11) is 1.55. The van der Waals surface area contributed by atoms with Gasteiger partial charge in [0.2, 0.25) is 0 Å². The lowest BCUT2D eigenvalue weighted by Gasteiger charge is -1.99. The number of hydrogen-bond acceptors (Lipinski definition) is 3. The van der Waals surface area contributed by atoms with E-state index in [9.17, 15) is 9.59 Å². The molecular weight excluding hydrogens is 208 g/mol. The van der Waals surface area contributed by atoms with Crippen molar-refractivity contribution < 1.29 is 19.4 Å². The molecule has 0 spiro atoms. The zero-order valence-corrected chi connectivity index (χ0v) is 8.84. The SMILES string of the molecule is COc1cccc(C=CC(=O)CC(=O)O)c1. The van der Waals surface area contributed by atoms with Crippen molar-refractivity contribution in [1.29, 1.82) is 0 Å². The molecule has 16 heavy (non-hydrogen) atoms. The maximum absolute atomic E-state index is 11.1. The maximum Gasteiger partial charge on any atom is 0.311 e. The number of hydrogen-bond donors (Lipinski definition) is 1. The molecule has 0 saturated heterocycles. The highest BCUT2D eigenvalue weighted by Crippen LogP contribution is 2.13. The number of ketones is 1. The summed E-state index contributed by atoms with van der Waals surface area (Å²) in [5, 5.41) is 8.39. The molecule has 4 heteroatoms. The van der Waals surface area contributed by atoms with E-state index in [4.69, 9.17) is 9.84 Å². The molecule has 0 unspecified atom stereocenters. The van der Waals surface area contributed by atoms with Crippen LogP contribution in [0.2, 0.25) is 0 Å². The van der Waals surface area contributed by atoms with Crippen LogP contribution in [0.15, 0.2) is 30.3 Å². The van der Waals surface area contributed by atoms with E-state index in [1.807, 2.05) is 0 Å². The lowest BCUT2D eigenvalue weighted by atomic mass is 10.1. The van der Waals surface area contributed by atoms with Crippen LogP contribution in [0.25, 0.3) is 6.08 Å². The normalized spacial score (nSPS) is 10.3. The van der Waals surface area contributed by atoms with Crippen molar-refractivity contribution in [1.82, 2.24) is 0 Å². The van der Waals surface area contributed by atoms with Crippen molar-refractivity contribution >= 4 is 17.8 Å². The number of benzene rings is 1. The van der Waals surface area contributed by atoms with Gasteiger partial charge >= 0.3 is 5.97 Å². The fraction of sp³-hybridized carbons (Fsp3) is 0.167. The summed E-state index contributed by atoms with van der Waals surface area (Å²) in [5.74, 6) is -0.872. The van der Waals surface area contributed by atoms with Crippen molar-refractivity contribution in [3.8, 4) is 5.75 Å². The number of allylic oxidation sites excluding steroid dienone is 1. The molecule has 0 atom stereocenters. The molecule has 0 fully saturated rings. The predicted molar refractivity (Wildman–Crippen MR) is 59.3 cm³/mol. The van der Waals surface area contributed by atoms with E-state index >= 15 is 0 Å². The molecule has 1 N–H and O–H groups in total. The largest absolute Gasteiger partial charge is 0.497 e. The summed E-state index contributed by atoms with van der Waals surface area (Å²) in [6.45, 7) is 0. The zero-order valence-electron chi connectivity index (χ0n) is 8.84. The molecular formula is C12H12O4. The first-order chi connectivity index (χ1) is 7.61. The van der Waals surface area contributed by atoms with Gasteiger partial charge in [0.05, 0.1) is 7.11 Å².